The first-order chi connectivity index (χ1) is 11.1. The summed E-state index contributed by atoms with van der Waals surface area (Å²) in [6, 6.07) is 0.121. The second-order valence-corrected chi connectivity index (χ2v) is 6.25. The van der Waals surface area contributed by atoms with Crippen LogP contribution in [0.5, 0.6) is 0 Å². The van der Waals surface area contributed by atoms with Gasteiger partial charge in [0.1, 0.15) is 0 Å². The van der Waals surface area contributed by atoms with E-state index in [0.717, 1.165) is 32.4 Å². The third-order valence-corrected chi connectivity index (χ3v) is 4.45. The van der Waals surface area contributed by atoms with E-state index in [1.165, 1.54) is 0 Å². The van der Waals surface area contributed by atoms with Crippen LogP contribution in [0.15, 0.2) is 0 Å². The van der Waals surface area contributed by atoms with Gasteiger partial charge in [-0.15, -0.1) is 12.4 Å². The Kier molecular flexibility index (Phi) is 9.07. The average molecular weight is 361 g/mol. The highest BCUT2D eigenvalue weighted by molar-refractivity contribution is 5.85. The quantitative estimate of drug-likeness (QED) is 0.706. The van der Waals surface area contributed by atoms with Crippen LogP contribution in [0.1, 0.15) is 39.0 Å². The first kappa shape index (κ1) is 20.7. The Labute approximate surface area is 149 Å². The van der Waals surface area contributed by atoms with Gasteiger partial charge >= 0.3 is 0 Å². The van der Waals surface area contributed by atoms with Crippen molar-refractivity contribution in [2.75, 3.05) is 39.3 Å². The summed E-state index contributed by atoms with van der Waals surface area (Å²) in [4.78, 5) is 39.6. The highest BCUT2D eigenvalue weighted by Crippen LogP contribution is 2.18. The van der Waals surface area contributed by atoms with E-state index in [9.17, 15) is 14.4 Å². The SMILES string of the molecule is CCCNC(=O)CCC(=O)N1CCCC(N2CCNCC2=O)C1.Cl. The normalized spacial score (nSPS) is 21.2. The molecule has 0 bridgehead atoms. The zero-order valence-electron chi connectivity index (χ0n) is 14.4. The Morgan fingerprint density at radius 3 is 2.79 bits per heavy atom. The van der Waals surface area contributed by atoms with E-state index >= 15 is 0 Å². The monoisotopic (exact) mass is 360 g/mol. The first-order valence-electron chi connectivity index (χ1n) is 8.66. The molecular weight excluding hydrogens is 332 g/mol. The fraction of sp³-hybridized carbons (Fsp3) is 0.812. The first-order valence-corrected chi connectivity index (χ1v) is 8.66. The van der Waals surface area contributed by atoms with Crippen LogP contribution >= 0.6 is 12.4 Å². The number of hydrogen-bond donors (Lipinski definition) is 2. The standard InChI is InChI=1S/C16H28N4O3.ClH/c1-2-7-18-14(21)5-6-15(22)19-9-3-4-13(12-19)20-10-8-17-11-16(20)23;/h13,17H,2-12H2,1H3,(H,18,21);1H. The van der Waals surface area contributed by atoms with Crippen molar-refractivity contribution in [3.05, 3.63) is 0 Å². The van der Waals surface area contributed by atoms with Gasteiger partial charge in [0.2, 0.25) is 17.7 Å². The molecular formula is C16H29ClN4O3. The zero-order chi connectivity index (χ0) is 16.7. The predicted molar refractivity (Wildman–Crippen MR) is 94.0 cm³/mol. The molecule has 138 valence electrons. The molecule has 0 radical (unpaired) electrons. The molecule has 0 aromatic heterocycles. The molecule has 2 aliphatic heterocycles. The number of rotatable bonds is 6. The molecule has 0 aromatic carbocycles. The van der Waals surface area contributed by atoms with Gasteiger partial charge in [0.05, 0.1) is 6.54 Å². The number of piperidine rings is 1. The minimum atomic E-state index is -0.0638. The van der Waals surface area contributed by atoms with E-state index in [0.29, 0.717) is 26.2 Å². The number of amides is 3. The maximum absolute atomic E-state index is 12.3. The number of halogens is 1. The third kappa shape index (κ3) is 5.94. The summed E-state index contributed by atoms with van der Waals surface area (Å²) < 4.78 is 0. The lowest BCUT2D eigenvalue weighted by Crippen LogP contribution is -2.57. The highest BCUT2D eigenvalue weighted by Gasteiger charge is 2.31. The Morgan fingerprint density at radius 1 is 1.29 bits per heavy atom. The fourth-order valence-electron chi connectivity index (χ4n) is 3.17. The number of nitrogens with zero attached hydrogens (tertiary/aromatic N) is 2. The maximum atomic E-state index is 12.3. The van der Waals surface area contributed by atoms with Gasteiger partial charge in [0.25, 0.3) is 0 Å². The van der Waals surface area contributed by atoms with Crippen LogP contribution in [-0.2, 0) is 14.4 Å². The van der Waals surface area contributed by atoms with Gasteiger partial charge in [-0.3, -0.25) is 14.4 Å². The van der Waals surface area contributed by atoms with Crippen LogP contribution in [-0.4, -0.2) is 72.8 Å². The number of carbonyl (C=O) groups excluding carboxylic acids is 3. The Morgan fingerprint density at radius 2 is 2.08 bits per heavy atom. The van der Waals surface area contributed by atoms with Crippen molar-refractivity contribution in [3.63, 3.8) is 0 Å². The fourth-order valence-corrected chi connectivity index (χ4v) is 3.17. The highest BCUT2D eigenvalue weighted by atomic mass is 35.5. The number of piperazine rings is 1. The molecule has 1 unspecified atom stereocenters. The van der Waals surface area contributed by atoms with E-state index in [1.807, 2.05) is 16.7 Å². The van der Waals surface area contributed by atoms with Crippen LogP contribution in [0.3, 0.4) is 0 Å². The topological polar surface area (TPSA) is 81.8 Å². The second kappa shape index (κ2) is 10.5. The molecule has 0 aliphatic carbocycles. The van der Waals surface area contributed by atoms with Crippen molar-refractivity contribution in [1.29, 1.82) is 0 Å². The van der Waals surface area contributed by atoms with E-state index < -0.39 is 0 Å². The van der Waals surface area contributed by atoms with Gasteiger partial charge < -0.3 is 20.4 Å². The number of nitrogens with one attached hydrogen (secondary N) is 2. The summed E-state index contributed by atoms with van der Waals surface area (Å²) in [5, 5.41) is 5.86. The molecule has 2 rings (SSSR count). The lowest BCUT2D eigenvalue weighted by atomic mass is 10.0. The lowest BCUT2D eigenvalue weighted by Gasteiger charge is -2.41. The number of carbonyl (C=O) groups is 3. The molecule has 0 aromatic rings. The van der Waals surface area contributed by atoms with Gasteiger partial charge in [0.15, 0.2) is 0 Å². The molecule has 3 amide bonds. The largest absolute Gasteiger partial charge is 0.356 e. The Bertz CT molecular complexity index is 447. The van der Waals surface area contributed by atoms with Crippen LogP contribution in [0, 0.1) is 0 Å². The molecule has 2 N–H and O–H groups in total. The molecule has 2 heterocycles. The van der Waals surface area contributed by atoms with Gasteiger partial charge in [-0.25, -0.2) is 0 Å². The van der Waals surface area contributed by atoms with Crippen LogP contribution < -0.4 is 10.6 Å². The van der Waals surface area contributed by atoms with Crippen molar-refractivity contribution < 1.29 is 14.4 Å². The maximum Gasteiger partial charge on any atom is 0.236 e. The minimum absolute atomic E-state index is 0. The summed E-state index contributed by atoms with van der Waals surface area (Å²) in [5.74, 6) is 0.0736. The second-order valence-electron chi connectivity index (χ2n) is 6.25. The van der Waals surface area contributed by atoms with Crippen LogP contribution in [0.25, 0.3) is 0 Å². The van der Waals surface area contributed by atoms with Crippen LogP contribution in [0.2, 0.25) is 0 Å². The summed E-state index contributed by atoms with van der Waals surface area (Å²) in [6.45, 7) is 5.90. The summed E-state index contributed by atoms with van der Waals surface area (Å²) >= 11 is 0. The third-order valence-electron chi connectivity index (χ3n) is 4.45. The van der Waals surface area contributed by atoms with Crippen molar-refractivity contribution in [1.82, 2.24) is 20.4 Å². The van der Waals surface area contributed by atoms with Gasteiger partial charge in [-0.2, -0.15) is 0 Å². The molecule has 0 saturated carbocycles. The number of likely N-dealkylation sites (tertiary alicyclic amines) is 1. The Hall–Kier alpha value is -1.34. The minimum Gasteiger partial charge on any atom is -0.356 e. The summed E-state index contributed by atoms with van der Waals surface area (Å²) in [5.41, 5.74) is 0. The molecule has 2 saturated heterocycles. The van der Waals surface area contributed by atoms with E-state index in [1.54, 1.807) is 0 Å². The van der Waals surface area contributed by atoms with Crippen molar-refractivity contribution >= 4 is 30.1 Å². The zero-order valence-corrected chi connectivity index (χ0v) is 15.2. The van der Waals surface area contributed by atoms with E-state index in [4.69, 9.17) is 0 Å². The molecule has 8 heteroatoms. The lowest BCUT2D eigenvalue weighted by molar-refractivity contribution is -0.140. The molecule has 1 atom stereocenters. The van der Waals surface area contributed by atoms with Gasteiger partial charge in [-0.05, 0) is 19.3 Å². The van der Waals surface area contributed by atoms with Gasteiger partial charge in [-0.1, -0.05) is 6.92 Å². The van der Waals surface area contributed by atoms with Crippen molar-refractivity contribution in [3.8, 4) is 0 Å². The molecule has 2 aliphatic rings. The molecule has 24 heavy (non-hydrogen) atoms. The van der Waals surface area contributed by atoms with Crippen molar-refractivity contribution in [2.24, 2.45) is 0 Å². The van der Waals surface area contributed by atoms with E-state index in [2.05, 4.69) is 10.6 Å². The van der Waals surface area contributed by atoms with Crippen LogP contribution in [0.4, 0.5) is 0 Å². The molecule has 7 nitrogen and oxygen atoms in total. The number of hydrogen-bond acceptors (Lipinski definition) is 4. The summed E-state index contributed by atoms with van der Waals surface area (Å²) in [7, 11) is 0. The summed E-state index contributed by atoms with van der Waals surface area (Å²) in [6.07, 6.45) is 3.25. The predicted octanol–water partition coefficient (Wildman–Crippen LogP) is 0.137. The molecule has 0 spiro atoms. The van der Waals surface area contributed by atoms with Gasteiger partial charge in [0, 0.05) is 51.6 Å². The average Bonchev–Trinajstić information content (AvgIpc) is 2.58. The van der Waals surface area contributed by atoms with E-state index in [-0.39, 0.29) is 49.0 Å². The molecule has 2 fully saturated rings. The Balaban J connectivity index is 0.00000288. The smallest absolute Gasteiger partial charge is 0.236 e. The van der Waals surface area contributed by atoms with Crippen molar-refractivity contribution in [2.45, 2.75) is 45.1 Å².